The van der Waals surface area contributed by atoms with Crippen LogP contribution in [-0.2, 0) is 0 Å². The molecule has 0 aliphatic rings. The Morgan fingerprint density at radius 2 is 2.05 bits per heavy atom. The average molecular weight is 298 g/mol. The van der Waals surface area contributed by atoms with Crippen LogP contribution < -0.4 is 10.6 Å². The zero-order chi connectivity index (χ0) is 14.7. The summed E-state index contributed by atoms with van der Waals surface area (Å²) in [6.45, 7) is 0. The van der Waals surface area contributed by atoms with E-state index in [-0.39, 0.29) is 22.3 Å². The van der Waals surface area contributed by atoms with E-state index in [1.54, 1.807) is 0 Å². The molecule has 0 radical (unpaired) electrons. The summed E-state index contributed by atoms with van der Waals surface area (Å²) in [5.74, 6) is -0.484. The number of hydrogen-bond acceptors (Lipinski definition) is 6. The Kier molecular flexibility index (Phi) is 3.94. The maximum atomic E-state index is 13.0. The highest BCUT2D eigenvalue weighted by atomic mass is 35.5. The number of nitrogens with one attached hydrogen (secondary N) is 2. The molecule has 2 N–H and O–H groups in total. The molecule has 0 aliphatic heterocycles. The maximum absolute atomic E-state index is 13.0. The lowest BCUT2D eigenvalue weighted by Crippen LogP contribution is -2.05. The predicted molar refractivity (Wildman–Crippen MR) is 72.9 cm³/mol. The van der Waals surface area contributed by atoms with E-state index in [9.17, 15) is 14.5 Å². The molecule has 7 nitrogen and oxygen atoms in total. The van der Waals surface area contributed by atoms with E-state index in [4.69, 9.17) is 11.6 Å². The fraction of sp³-hybridized carbons (Fsp3) is 0.0909. The number of halogens is 2. The van der Waals surface area contributed by atoms with E-state index in [0.717, 1.165) is 6.07 Å². The van der Waals surface area contributed by atoms with Gasteiger partial charge in [-0.2, -0.15) is 0 Å². The topological polar surface area (TPSA) is 93.0 Å². The summed E-state index contributed by atoms with van der Waals surface area (Å²) < 4.78 is 13.0. The van der Waals surface area contributed by atoms with Crippen LogP contribution >= 0.6 is 11.6 Å². The Hall–Kier alpha value is -2.48. The van der Waals surface area contributed by atoms with Gasteiger partial charge in [0.1, 0.15) is 12.1 Å². The third-order valence-electron chi connectivity index (χ3n) is 2.43. The summed E-state index contributed by atoms with van der Waals surface area (Å²) in [4.78, 5) is 18.0. The summed E-state index contributed by atoms with van der Waals surface area (Å²) in [6, 6.07) is 3.64. The average Bonchev–Trinajstić information content (AvgIpc) is 2.41. The molecule has 20 heavy (non-hydrogen) atoms. The van der Waals surface area contributed by atoms with Crippen LogP contribution in [0.4, 0.5) is 27.4 Å². The Balaban J connectivity index is 2.45. The molecule has 1 aromatic heterocycles. The van der Waals surface area contributed by atoms with Crippen LogP contribution in [0.15, 0.2) is 24.5 Å². The van der Waals surface area contributed by atoms with Crippen LogP contribution in [0.25, 0.3) is 0 Å². The van der Waals surface area contributed by atoms with Gasteiger partial charge in [-0.15, -0.1) is 0 Å². The second kappa shape index (κ2) is 5.66. The second-order valence-electron chi connectivity index (χ2n) is 3.68. The van der Waals surface area contributed by atoms with Crippen molar-refractivity contribution in [1.29, 1.82) is 0 Å². The smallest absolute Gasteiger partial charge is 0.353 e. The van der Waals surface area contributed by atoms with Crippen LogP contribution in [0.1, 0.15) is 0 Å². The van der Waals surface area contributed by atoms with Crippen molar-refractivity contribution in [2.45, 2.75) is 0 Å². The highest BCUT2D eigenvalue weighted by Gasteiger charge is 2.22. The van der Waals surface area contributed by atoms with E-state index >= 15 is 0 Å². The van der Waals surface area contributed by atoms with Crippen molar-refractivity contribution in [1.82, 2.24) is 9.97 Å². The Morgan fingerprint density at radius 3 is 2.65 bits per heavy atom. The summed E-state index contributed by atoms with van der Waals surface area (Å²) in [6.07, 6.45) is 1.17. The summed E-state index contributed by atoms with van der Waals surface area (Å²) in [5, 5.41) is 16.5. The number of hydrogen-bond donors (Lipinski definition) is 2. The Morgan fingerprint density at radius 1 is 1.35 bits per heavy atom. The first-order valence-electron chi connectivity index (χ1n) is 5.42. The van der Waals surface area contributed by atoms with Gasteiger partial charge in [0.25, 0.3) is 0 Å². The van der Waals surface area contributed by atoms with Crippen LogP contribution in [-0.4, -0.2) is 21.9 Å². The largest absolute Gasteiger partial charge is 0.367 e. The highest BCUT2D eigenvalue weighted by molar-refractivity contribution is 6.33. The monoisotopic (exact) mass is 297 g/mol. The Labute approximate surface area is 118 Å². The Bertz CT molecular complexity index is 667. The molecule has 0 bridgehead atoms. The molecule has 9 heteroatoms. The molecule has 2 rings (SSSR count). The fourth-order valence-electron chi connectivity index (χ4n) is 1.54. The zero-order valence-electron chi connectivity index (χ0n) is 10.2. The van der Waals surface area contributed by atoms with E-state index in [1.807, 2.05) is 0 Å². The van der Waals surface area contributed by atoms with Gasteiger partial charge in [0.05, 0.1) is 15.6 Å². The normalized spacial score (nSPS) is 10.2. The quantitative estimate of drug-likeness (QED) is 0.665. The molecule has 0 aliphatic carbocycles. The molecule has 2 aromatic rings. The number of rotatable bonds is 4. The third-order valence-corrected chi connectivity index (χ3v) is 2.74. The van der Waals surface area contributed by atoms with Gasteiger partial charge < -0.3 is 10.6 Å². The van der Waals surface area contributed by atoms with Crippen LogP contribution in [0, 0.1) is 15.9 Å². The van der Waals surface area contributed by atoms with Crippen molar-refractivity contribution < 1.29 is 9.31 Å². The first-order valence-corrected chi connectivity index (χ1v) is 5.80. The first kappa shape index (κ1) is 13.9. The molecule has 0 saturated carbocycles. The van der Waals surface area contributed by atoms with Crippen molar-refractivity contribution in [3.8, 4) is 0 Å². The van der Waals surface area contributed by atoms with Gasteiger partial charge in [0, 0.05) is 7.05 Å². The number of anilines is 3. The number of nitro groups is 1. The van der Waals surface area contributed by atoms with Crippen LogP contribution in [0.2, 0.25) is 5.02 Å². The standard InChI is InChI=1S/C11H9ClFN5O2/c1-14-10-9(18(19)20)11(16-5-15-10)17-8-3-2-6(13)4-7(8)12/h2-5H,1H3,(H2,14,15,16,17). The number of benzene rings is 1. The summed E-state index contributed by atoms with van der Waals surface area (Å²) in [7, 11) is 1.50. The molecular formula is C11H9ClFN5O2. The minimum atomic E-state index is -0.619. The fourth-order valence-corrected chi connectivity index (χ4v) is 1.76. The van der Waals surface area contributed by atoms with Gasteiger partial charge >= 0.3 is 5.69 Å². The molecular weight excluding hydrogens is 289 g/mol. The molecule has 104 valence electrons. The van der Waals surface area contributed by atoms with Crippen molar-refractivity contribution in [3.63, 3.8) is 0 Å². The zero-order valence-corrected chi connectivity index (χ0v) is 11.0. The first-order chi connectivity index (χ1) is 9.52. The minimum Gasteiger partial charge on any atom is -0.367 e. The van der Waals surface area contributed by atoms with Gasteiger partial charge in [-0.25, -0.2) is 14.4 Å². The van der Waals surface area contributed by atoms with E-state index in [1.165, 1.54) is 25.5 Å². The molecule has 1 aromatic carbocycles. The van der Waals surface area contributed by atoms with Crippen molar-refractivity contribution in [2.24, 2.45) is 0 Å². The molecule has 1 heterocycles. The molecule has 0 fully saturated rings. The lowest BCUT2D eigenvalue weighted by atomic mass is 10.3. The molecule has 0 atom stereocenters. The van der Waals surface area contributed by atoms with Crippen molar-refractivity contribution in [2.75, 3.05) is 17.7 Å². The molecule has 0 unspecified atom stereocenters. The molecule has 0 saturated heterocycles. The summed E-state index contributed by atoms with van der Waals surface area (Å²) in [5.41, 5.74) is -0.0210. The second-order valence-corrected chi connectivity index (χ2v) is 4.08. The highest BCUT2D eigenvalue weighted by Crippen LogP contribution is 2.33. The minimum absolute atomic E-state index is 0.0390. The lowest BCUT2D eigenvalue weighted by molar-refractivity contribution is -0.383. The third kappa shape index (κ3) is 2.75. The van der Waals surface area contributed by atoms with Crippen LogP contribution in [0.3, 0.4) is 0 Å². The van der Waals surface area contributed by atoms with Gasteiger partial charge in [-0.05, 0) is 18.2 Å². The SMILES string of the molecule is CNc1ncnc(Nc2ccc(F)cc2Cl)c1[N+](=O)[O-]. The number of nitrogens with zero attached hydrogens (tertiary/aromatic N) is 3. The molecule has 0 amide bonds. The van der Waals surface area contributed by atoms with Gasteiger partial charge in [-0.1, -0.05) is 11.6 Å². The molecule has 0 spiro atoms. The van der Waals surface area contributed by atoms with E-state index < -0.39 is 10.7 Å². The van der Waals surface area contributed by atoms with Gasteiger partial charge in [0.2, 0.25) is 11.6 Å². The predicted octanol–water partition coefficient (Wildman–Crippen LogP) is 2.96. The van der Waals surface area contributed by atoms with Gasteiger partial charge in [-0.3, -0.25) is 10.1 Å². The van der Waals surface area contributed by atoms with E-state index in [0.29, 0.717) is 5.69 Å². The van der Waals surface area contributed by atoms with Crippen molar-refractivity contribution in [3.05, 3.63) is 45.5 Å². The van der Waals surface area contributed by atoms with Crippen LogP contribution in [0.5, 0.6) is 0 Å². The van der Waals surface area contributed by atoms with E-state index in [2.05, 4.69) is 20.6 Å². The summed E-state index contributed by atoms with van der Waals surface area (Å²) >= 11 is 5.85. The maximum Gasteiger partial charge on any atom is 0.353 e. The van der Waals surface area contributed by atoms with Gasteiger partial charge in [0.15, 0.2) is 0 Å². The van der Waals surface area contributed by atoms with Crippen molar-refractivity contribution >= 4 is 34.6 Å². The number of aromatic nitrogens is 2. The lowest BCUT2D eigenvalue weighted by Gasteiger charge is -2.09.